The normalized spacial score (nSPS) is 11.2. The third kappa shape index (κ3) is 4.87. The first-order chi connectivity index (χ1) is 22.2. The minimum atomic E-state index is 1.11. The van der Waals surface area contributed by atoms with E-state index in [0.717, 1.165) is 22.7 Å². The van der Waals surface area contributed by atoms with E-state index in [4.69, 9.17) is 0 Å². The SMILES string of the molecule is CN(c1ccc(N(c2cccc(-c3ccccc3)c2)c2cccc3ccccc23)cc1)c1cc2ccccc2c2ccccc12. The highest BCUT2D eigenvalue weighted by Crippen LogP contribution is 2.42. The van der Waals surface area contributed by atoms with Gasteiger partial charge in [-0.05, 0) is 81.2 Å². The average Bonchev–Trinajstić information content (AvgIpc) is 3.12. The molecule has 2 heteroatoms. The van der Waals surface area contributed by atoms with Crippen LogP contribution in [-0.2, 0) is 0 Å². The smallest absolute Gasteiger partial charge is 0.0540 e. The number of hydrogen-bond donors (Lipinski definition) is 0. The molecule has 214 valence electrons. The number of hydrogen-bond acceptors (Lipinski definition) is 2. The molecule has 0 bridgehead atoms. The van der Waals surface area contributed by atoms with Gasteiger partial charge in [0.1, 0.15) is 0 Å². The Balaban J connectivity index is 1.25. The summed E-state index contributed by atoms with van der Waals surface area (Å²) < 4.78 is 0. The molecule has 0 unspecified atom stereocenters. The zero-order valence-electron chi connectivity index (χ0n) is 25.1. The van der Waals surface area contributed by atoms with E-state index in [1.807, 2.05) is 0 Å². The Hall–Kier alpha value is -5.86. The molecule has 0 saturated heterocycles. The van der Waals surface area contributed by atoms with Gasteiger partial charge in [0.05, 0.1) is 5.69 Å². The summed E-state index contributed by atoms with van der Waals surface area (Å²) in [6.45, 7) is 0. The first-order valence-corrected chi connectivity index (χ1v) is 15.4. The van der Waals surface area contributed by atoms with E-state index < -0.39 is 0 Å². The molecule has 8 rings (SSSR count). The van der Waals surface area contributed by atoms with Gasteiger partial charge in [-0.25, -0.2) is 0 Å². The number of fused-ring (bicyclic) bond motifs is 4. The van der Waals surface area contributed by atoms with Gasteiger partial charge in [0.15, 0.2) is 0 Å². The summed E-state index contributed by atoms with van der Waals surface area (Å²) in [4.78, 5) is 4.68. The maximum atomic E-state index is 2.38. The molecule has 8 aromatic rings. The summed E-state index contributed by atoms with van der Waals surface area (Å²) >= 11 is 0. The molecule has 0 fully saturated rings. The first kappa shape index (κ1) is 26.7. The lowest BCUT2D eigenvalue weighted by atomic mass is 9.99. The van der Waals surface area contributed by atoms with Gasteiger partial charge in [-0.3, -0.25) is 0 Å². The van der Waals surface area contributed by atoms with Crippen molar-refractivity contribution in [3.05, 3.63) is 176 Å². The molecule has 45 heavy (non-hydrogen) atoms. The van der Waals surface area contributed by atoms with Gasteiger partial charge in [-0.2, -0.15) is 0 Å². The van der Waals surface area contributed by atoms with Crippen LogP contribution in [0.1, 0.15) is 0 Å². The van der Waals surface area contributed by atoms with Gasteiger partial charge in [0, 0.05) is 40.6 Å². The molecule has 0 radical (unpaired) electrons. The molecule has 2 nitrogen and oxygen atoms in total. The molecular weight excluding hydrogens is 544 g/mol. The summed E-state index contributed by atoms with van der Waals surface area (Å²) in [6, 6.07) is 63.2. The Labute approximate surface area is 264 Å². The topological polar surface area (TPSA) is 6.48 Å². The molecule has 0 aromatic heterocycles. The third-order valence-corrected chi connectivity index (χ3v) is 8.82. The predicted octanol–water partition coefficient (Wildman–Crippen LogP) is 12.1. The Kier molecular flexibility index (Phi) is 6.73. The van der Waals surface area contributed by atoms with Crippen molar-refractivity contribution in [2.45, 2.75) is 0 Å². The first-order valence-electron chi connectivity index (χ1n) is 15.4. The van der Waals surface area contributed by atoms with Gasteiger partial charge in [0.25, 0.3) is 0 Å². The molecule has 0 aliphatic carbocycles. The summed E-state index contributed by atoms with van der Waals surface area (Å²) in [7, 11) is 2.16. The number of nitrogens with zero attached hydrogens (tertiary/aromatic N) is 2. The van der Waals surface area contributed by atoms with Gasteiger partial charge >= 0.3 is 0 Å². The number of anilines is 5. The van der Waals surface area contributed by atoms with Crippen LogP contribution in [0.25, 0.3) is 43.4 Å². The van der Waals surface area contributed by atoms with Gasteiger partial charge < -0.3 is 9.80 Å². The van der Waals surface area contributed by atoms with Crippen molar-refractivity contribution in [2.75, 3.05) is 16.8 Å². The maximum absolute atomic E-state index is 2.38. The van der Waals surface area contributed by atoms with E-state index in [1.165, 1.54) is 49.1 Å². The lowest BCUT2D eigenvalue weighted by molar-refractivity contribution is 1.22. The second kappa shape index (κ2) is 11.3. The van der Waals surface area contributed by atoms with Gasteiger partial charge in [0.2, 0.25) is 0 Å². The summed E-state index contributed by atoms with van der Waals surface area (Å²) in [6.07, 6.45) is 0. The predicted molar refractivity (Wildman–Crippen MR) is 194 cm³/mol. The van der Waals surface area contributed by atoms with Crippen LogP contribution in [0.5, 0.6) is 0 Å². The Morgan fingerprint density at radius 3 is 1.71 bits per heavy atom. The minimum absolute atomic E-state index is 1.11. The molecule has 0 saturated carbocycles. The summed E-state index contributed by atoms with van der Waals surface area (Å²) in [5.41, 5.74) is 8.11. The van der Waals surface area contributed by atoms with Crippen molar-refractivity contribution >= 4 is 60.8 Å². The van der Waals surface area contributed by atoms with Crippen LogP contribution in [0, 0.1) is 0 Å². The van der Waals surface area contributed by atoms with Gasteiger partial charge in [-0.1, -0.05) is 127 Å². The highest BCUT2D eigenvalue weighted by molar-refractivity contribution is 6.13. The highest BCUT2D eigenvalue weighted by atomic mass is 15.1. The largest absolute Gasteiger partial charge is 0.344 e. The quantitative estimate of drug-likeness (QED) is 0.182. The molecule has 0 aliphatic rings. The van der Waals surface area contributed by atoms with Gasteiger partial charge in [-0.15, -0.1) is 0 Å². The fourth-order valence-corrected chi connectivity index (χ4v) is 6.56. The lowest BCUT2D eigenvalue weighted by Gasteiger charge is -2.28. The van der Waals surface area contributed by atoms with Crippen LogP contribution in [-0.4, -0.2) is 7.05 Å². The summed E-state index contributed by atoms with van der Waals surface area (Å²) in [5, 5.41) is 7.49. The van der Waals surface area contributed by atoms with Crippen LogP contribution >= 0.6 is 0 Å². The molecular formula is C43H32N2. The maximum Gasteiger partial charge on any atom is 0.0540 e. The van der Waals surface area contributed by atoms with Crippen molar-refractivity contribution in [1.82, 2.24) is 0 Å². The minimum Gasteiger partial charge on any atom is -0.344 e. The van der Waals surface area contributed by atoms with Crippen molar-refractivity contribution in [3.63, 3.8) is 0 Å². The van der Waals surface area contributed by atoms with Crippen molar-refractivity contribution in [2.24, 2.45) is 0 Å². The lowest BCUT2D eigenvalue weighted by Crippen LogP contribution is -2.12. The van der Waals surface area contributed by atoms with Crippen LogP contribution in [0.3, 0.4) is 0 Å². The highest BCUT2D eigenvalue weighted by Gasteiger charge is 2.17. The van der Waals surface area contributed by atoms with E-state index in [2.05, 4.69) is 193 Å². The van der Waals surface area contributed by atoms with Crippen molar-refractivity contribution < 1.29 is 0 Å². The van der Waals surface area contributed by atoms with E-state index in [-0.39, 0.29) is 0 Å². The van der Waals surface area contributed by atoms with E-state index in [9.17, 15) is 0 Å². The standard InChI is InChI=1S/C43H32N2/c1-44(43-30-34-16-6-7-20-38(34)40-22-9-10-23-41(40)43)35-25-27-36(28-26-35)45(42-24-12-17-32-15-5-8-21-39(32)42)37-19-11-18-33(29-37)31-13-3-2-4-14-31/h2-30H,1H3. The fraction of sp³-hybridized carbons (Fsp3) is 0.0233. The monoisotopic (exact) mass is 576 g/mol. The zero-order chi connectivity index (χ0) is 30.2. The fourth-order valence-electron chi connectivity index (χ4n) is 6.56. The number of rotatable bonds is 6. The third-order valence-electron chi connectivity index (χ3n) is 8.82. The van der Waals surface area contributed by atoms with Crippen LogP contribution in [0.4, 0.5) is 28.4 Å². The van der Waals surface area contributed by atoms with Crippen molar-refractivity contribution in [1.29, 1.82) is 0 Å². The molecule has 8 aromatic carbocycles. The second-order valence-electron chi connectivity index (χ2n) is 11.5. The molecule has 0 spiro atoms. The Morgan fingerprint density at radius 1 is 0.333 bits per heavy atom. The Bertz CT molecular complexity index is 2280. The summed E-state index contributed by atoms with van der Waals surface area (Å²) in [5.74, 6) is 0. The molecule has 0 aliphatic heterocycles. The van der Waals surface area contributed by atoms with E-state index in [1.54, 1.807) is 0 Å². The molecule has 0 N–H and O–H groups in total. The zero-order valence-corrected chi connectivity index (χ0v) is 25.1. The van der Waals surface area contributed by atoms with E-state index >= 15 is 0 Å². The van der Waals surface area contributed by atoms with Crippen LogP contribution in [0.15, 0.2) is 176 Å². The van der Waals surface area contributed by atoms with Crippen molar-refractivity contribution in [3.8, 4) is 11.1 Å². The second-order valence-corrected chi connectivity index (χ2v) is 11.5. The van der Waals surface area contributed by atoms with E-state index in [0.29, 0.717) is 0 Å². The Morgan fingerprint density at radius 2 is 0.911 bits per heavy atom. The molecule has 0 amide bonds. The molecule has 0 atom stereocenters. The van der Waals surface area contributed by atoms with Crippen LogP contribution < -0.4 is 9.80 Å². The average molecular weight is 577 g/mol. The molecule has 0 heterocycles. The van der Waals surface area contributed by atoms with Crippen LogP contribution in [0.2, 0.25) is 0 Å². The number of benzene rings is 8.